The minimum Gasteiger partial charge on any atom is -0.483 e. The van der Waals surface area contributed by atoms with Crippen LogP contribution in [0.1, 0.15) is 18.5 Å². The van der Waals surface area contributed by atoms with E-state index in [1.165, 1.54) is 6.33 Å². The third kappa shape index (κ3) is 4.75. The van der Waals surface area contributed by atoms with Crippen LogP contribution >= 0.6 is 31.9 Å². The highest BCUT2D eigenvalue weighted by molar-refractivity contribution is 9.11. The van der Waals surface area contributed by atoms with Crippen molar-refractivity contribution in [3.63, 3.8) is 0 Å². The summed E-state index contributed by atoms with van der Waals surface area (Å²) < 4.78 is 9.07. The van der Waals surface area contributed by atoms with Crippen molar-refractivity contribution >= 4 is 37.8 Å². The Morgan fingerprint density at radius 2 is 1.96 bits per heavy atom. The van der Waals surface area contributed by atoms with Gasteiger partial charge in [0.25, 0.3) is 5.91 Å². The summed E-state index contributed by atoms with van der Waals surface area (Å²) in [7, 11) is 1.78. The van der Waals surface area contributed by atoms with Crippen LogP contribution in [0.15, 0.2) is 64.1 Å². The van der Waals surface area contributed by atoms with E-state index in [1.807, 2.05) is 49.4 Å². The molecule has 2 aromatic carbocycles. The van der Waals surface area contributed by atoms with E-state index in [9.17, 15) is 4.79 Å². The lowest BCUT2D eigenvalue weighted by atomic mass is 10.1. The Labute approximate surface area is 174 Å². The zero-order valence-corrected chi connectivity index (χ0v) is 18.0. The zero-order valence-electron chi connectivity index (χ0n) is 14.8. The Morgan fingerprint density at radius 1 is 1.22 bits per heavy atom. The molecule has 0 bridgehead atoms. The molecular weight excluding hydrogens is 476 g/mol. The molecule has 6 nitrogen and oxygen atoms in total. The van der Waals surface area contributed by atoms with Crippen LogP contribution in [0.2, 0.25) is 0 Å². The van der Waals surface area contributed by atoms with Crippen LogP contribution in [-0.4, -0.2) is 39.2 Å². The number of halogens is 2. The number of hydrogen-bond donors (Lipinski definition) is 0. The molecule has 0 spiro atoms. The van der Waals surface area contributed by atoms with Gasteiger partial charge in [-0.2, -0.15) is 5.10 Å². The number of nitrogens with zero attached hydrogens (tertiary/aromatic N) is 4. The van der Waals surface area contributed by atoms with E-state index < -0.39 is 0 Å². The fourth-order valence-corrected chi connectivity index (χ4v) is 3.68. The molecule has 3 rings (SSSR count). The number of ether oxygens (including phenoxy) is 1. The maximum atomic E-state index is 12.5. The van der Waals surface area contributed by atoms with E-state index in [-0.39, 0.29) is 18.6 Å². The average Bonchev–Trinajstić information content (AvgIpc) is 3.21. The SMILES string of the molecule is C[C@H](c1ccc(-n2cncn2)cc1)N(C)C(=O)COc1ccc(Br)cc1Br. The standard InChI is InChI=1S/C19H18Br2N4O2/c1-13(14-3-6-16(7-4-14)25-12-22-11-23-25)24(2)19(26)10-27-18-8-5-15(20)9-17(18)21/h3-9,11-13H,10H2,1-2H3/t13-/m1/s1. The van der Waals surface area contributed by atoms with Gasteiger partial charge in [0, 0.05) is 11.5 Å². The maximum Gasteiger partial charge on any atom is 0.260 e. The molecular formula is C19H18Br2N4O2. The van der Waals surface area contributed by atoms with E-state index in [0.29, 0.717) is 5.75 Å². The fourth-order valence-electron chi connectivity index (χ4n) is 2.52. The summed E-state index contributed by atoms with van der Waals surface area (Å²) in [5.41, 5.74) is 1.94. The molecule has 140 valence electrons. The van der Waals surface area contributed by atoms with Crippen LogP contribution < -0.4 is 4.74 Å². The van der Waals surface area contributed by atoms with Gasteiger partial charge < -0.3 is 9.64 Å². The molecule has 1 atom stereocenters. The molecule has 1 heterocycles. The van der Waals surface area contributed by atoms with Crippen LogP contribution in [0.3, 0.4) is 0 Å². The molecule has 0 fully saturated rings. The molecule has 0 unspecified atom stereocenters. The van der Waals surface area contributed by atoms with E-state index in [4.69, 9.17) is 4.74 Å². The Balaban J connectivity index is 1.62. The van der Waals surface area contributed by atoms with E-state index in [1.54, 1.807) is 23.0 Å². The van der Waals surface area contributed by atoms with Gasteiger partial charge in [-0.05, 0) is 58.7 Å². The lowest BCUT2D eigenvalue weighted by molar-refractivity contribution is -0.134. The lowest BCUT2D eigenvalue weighted by Crippen LogP contribution is -2.33. The topological polar surface area (TPSA) is 60.2 Å². The molecule has 1 aromatic heterocycles. The molecule has 1 amide bonds. The number of hydrogen-bond acceptors (Lipinski definition) is 4. The summed E-state index contributed by atoms with van der Waals surface area (Å²) in [6.45, 7) is 1.95. The van der Waals surface area contributed by atoms with Gasteiger partial charge in [-0.25, -0.2) is 9.67 Å². The third-order valence-electron chi connectivity index (χ3n) is 4.28. The van der Waals surface area contributed by atoms with Crippen molar-refractivity contribution < 1.29 is 9.53 Å². The van der Waals surface area contributed by atoms with Crippen molar-refractivity contribution in [2.45, 2.75) is 13.0 Å². The zero-order chi connectivity index (χ0) is 19.4. The normalized spacial score (nSPS) is 11.9. The molecule has 0 saturated heterocycles. The van der Waals surface area contributed by atoms with Gasteiger partial charge in [0.2, 0.25) is 0 Å². The molecule has 8 heteroatoms. The summed E-state index contributed by atoms with van der Waals surface area (Å²) >= 11 is 6.82. The number of aromatic nitrogens is 3. The first-order chi connectivity index (χ1) is 13.0. The summed E-state index contributed by atoms with van der Waals surface area (Å²) in [4.78, 5) is 18.1. The number of carbonyl (C=O) groups excluding carboxylic acids is 1. The van der Waals surface area contributed by atoms with Crippen molar-refractivity contribution in [2.24, 2.45) is 0 Å². The first-order valence-electron chi connectivity index (χ1n) is 8.24. The van der Waals surface area contributed by atoms with E-state index >= 15 is 0 Å². The van der Waals surface area contributed by atoms with Crippen LogP contribution in [0.5, 0.6) is 5.75 Å². The molecule has 0 aliphatic rings. The Kier molecular flexibility index (Phi) is 6.28. The van der Waals surface area contributed by atoms with Crippen molar-refractivity contribution in [1.29, 1.82) is 0 Å². The van der Waals surface area contributed by atoms with Crippen LogP contribution in [0.25, 0.3) is 5.69 Å². The predicted octanol–water partition coefficient (Wildman–Crippen LogP) is 4.39. The van der Waals surface area contributed by atoms with Gasteiger partial charge in [0.05, 0.1) is 16.2 Å². The molecule has 0 N–H and O–H groups in total. The van der Waals surface area contributed by atoms with Gasteiger partial charge >= 0.3 is 0 Å². The third-order valence-corrected chi connectivity index (χ3v) is 5.39. The first-order valence-corrected chi connectivity index (χ1v) is 9.83. The minimum atomic E-state index is -0.0994. The second-order valence-corrected chi connectivity index (χ2v) is 7.75. The molecule has 0 saturated carbocycles. The molecule has 0 aliphatic carbocycles. The van der Waals surface area contributed by atoms with Gasteiger partial charge in [-0.1, -0.05) is 28.1 Å². The van der Waals surface area contributed by atoms with Crippen molar-refractivity contribution in [2.75, 3.05) is 13.7 Å². The summed E-state index contributed by atoms with van der Waals surface area (Å²) in [5.74, 6) is 0.530. The highest BCUT2D eigenvalue weighted by atomic mass is 79.9. The first kappa shape index (κ1) is 19.6. The largest absolute Gasteiger partial charge is 0.483 e. The second kappa shape index (κ2) is 8.67. The number of carbonyl (C=O) groups is 1. The fraction of sp³-hybridized carbons (Fsp3) is 0.211. The number of likely N-dealkylation sites (N-methyl/N-ethyl adjacent to an activating group) is 1. The smallest absolute Gasteiger partial charge is 0.260 e. The lowest BCUT2D eigenvalue weighted by Gasteiger charge is -2.25. The number of rotatable bonds is 6. The van der Waals surface area contributed by atoms with Crippen LogP contribution in [-0.2, 0) is 4.79 Å². The molecule has 0 aliphatic heterocycles. The van der Waals surface area contributed by atoms with Gasteiger partial charge in [-0.15, -0.1) is 0 Å². The van der Waals surface area contributed by atoms with Crippen molar-refractivity contribution in [3.8, 4) is 11.4 Å². The Morgan fingerprint density at radius 3 is 2.59 bits per heavy atom. The van der Waals surface area contributed by atoms with Gasteiger partial charge in [-0.3, -0.25) is 4.79 Å². The average molecular weight is 494 g/mol. The summed E-state index contributed by atoms with van der Waals surface area (Å²) in [6, 6.07) is 13.3. The number of benzene rings is 2. The Hall–Kier alpha value is -2.19. The monoisotopic (exact) mass is 492 g/mol. The van der Waals surface area contributed by atoms with Gasteiger partial charge in [0.15, 0.2) is 6.61 Å². The van der Waals surface area contributed by atoms with Crippen LogP contribution in [0.4, 0.5) is 0 Å². The van der Waals surface area contributed by atoms with Crippen molar-refractivity contribution in [1.82, 2.24) is 19.7 Å². The highest BCUT2D eigenvalue weighted by Crippen LogP contribution is 2.28. The van der Waals surface area contributed by atoms with Gasteiger partial charge in [0.1, 0.15) is 18.4 Å². The minimum absolute atomic E-state index is 0.0297. The summed E-state index contributed by atoms with van der Waals surface area (Å²) in [5, 5.41) is 4.11. The quantitative estimate of drug-likeness (QED) is 0.511. The van der Waals surface area contributed by atoms with Crippen molar-refractivity contribution in [3.05, 3.63) is 69.6 Å². The second-order valence-electron chi connectivity index (χ2n) is 5.98. The highest BCUT2D eigenvalue weighted by Gasteiger charge is 2.18. The molecule has 3 aromatic rings. The predicted molar refractivity (Wildman–Crippen MR) is 110 cm³/mol. The van der Waals surface area contributed by atoms with Crippen LogP contribution in [0, 0.1) is 0 Å². The molecule has 0 radical (unpaired) electrons. The number of amides is 1. The Bertz CT molecular complexity index is 914. The summed E-state index contributed by atoms with van der Waals surface area (Å²) in [6.07, 6.45) is 3.14. The van der Waals surface area contributed by atoms with E-state index in [0.717, 1.165) is 20.2 Å². The molecule has 27 heavy (non-hydrogen) atoms. The maximum absolute atomic E-state index is 12.5. The van der Waals surface area contributed by atoms with E-state index in [2.05, 4.69) is 41.9 Å².